The van der Waals surface area contributed by atoms with Crippen molar-refractivity contribution in [2.45, 2.75) is 70.3 Å². The van der Waals surface area contributed by atoms with Crippen LogP contribution >= 0.6 is 0 Å². The van der Waals surface area contributed by atoms with Gasteiger partial charge in [0.1, 0.15) is 6.04 Å². The van der Waals surface area contributed by atoms with E-state index in [9.17, 15) is 9.59 Å². The van der Waals surface area contributed by atoms with Crippen molar-refractivity contribution in [3.05, 3.63) is 0 Å². The number of carbonyl (C=O) groups is 2. The molecule has 0 bridgehead atoms. The molecule has 4 nitrogen and oxygen atoms in total. The van der Waals surface area contributed by atoms with Crippen molar-refractivity contribution < 1.29 is 14.3 Å². The Bertz CT molecular complexity index is 331. The Balaban J connectivity index is 1.95. The predicted octanol–water partition coefficient (Wildman–Crippen LogP) is 2.80. The average Bonchev–Trinajstić information content (AvgIpc) is 2.53. The van der Waals surface area contributed by atoms with E-state index in [1.165, 1.54) is 20.0 Å². The topological polar surface area (TPSA) is 55.4 Å². The number of rotatable bonds is 4. The van der Waals surface area contributed by atoms with Gasteiger partial charge in [-0.25, -0.2) is 4.79 Å². The van der Waals surface area contributed by atoms with Gasteiger partial charge in [-0.1, -0.05) is 38.5 Å². The molecule has 2 aliphatic carbocycles. The molecule has 1 N–H and O–H groups in total. The van der Waals surface area contributed by atoms with Gasteiger partial charge in [0.2, 0.25) is 5.91 Å². The molecule has 0 aliphatic heterocycles. The molecule has 0 spiro atoms. The van der Waals surface area contributed by atoms with Crippen molar-refractivity contribution in [3.8, 4) is 0 Å². The SMILES string of the molecule is COC(=O)[C@@H](NC(=O)C1CCCCC1)C1CCCCC1. The fourth-order valence-electron chi connectivity index (χ4n) is 3.60. The molecule has 4 heteroatoms. The molecule has 0 aromatic carbocycles. The third-order valence-electron chi connectivity index (χ3n) is 4.85. The molecule has 0 saturated heterocycles. The monoisotopic (exact) mass is 281 g/mol. The Kier molecular flexibility index (Phi) is 5.86. The van der Waals surface area contributed by atoms with E-state index >= 15 is 0 Å². The van der Waals surface area contributed by atoms with Crippen molar-refractivity contribution in [2.24, 2.45) is 11.8 Å². The summed E-state index contributed by atoms with van der Waals surface area (Å²) in [7, 11) is 1.41. The van der Waals surface area contributed by atoms with E-state index in [0.29, 0.717) is 0 Å². The number of amides is 1. The van der Waals surface area contributed by atoms with E-state index in [1.54, 1.807) is 0 Å². The molecule has 0 heterocycles. The zero-order valence-corrected chi connectivity index (χ0v) is 12.5. The van der Waals surface area contributed by atoms with Gasteiger partial charge in [0.15, 0.2) is 0 Å². The minimum Gasteiger partial charge on any atom is -0.467 e. The molecule has 0 unspecified atom stereocenters. The van der Waals surface area contributed by atoms with Gasteiger partial charge in [-0.15, -0.1) is 0 Å². The maximum absolute atomic E-state index is 12.4. The molecule has 0 radical (unpaired) electrons. The van der Waals surface area contributed by atoms with Crippen LogP contribution in [0.25, 0.3) is 0 Å². The number of ether oxygens (including phenoxy) is 1. The van der Waals surface area contributed by atoms with Crippen molar-refractivity contribution in [2.75, 3.05) is 7.11 Å². The fourth-order valence-corrected chi connectivity index (χ4v) is 3.60. The zero-order valence-electron chi connectivity index (χ0n) is 12.5. The second kappa shape index (κ2) is 7.65. The summed E-state index contributed by atoms with van der Waals surface area (Å²) in [5.41, 5.74) is 0. The Morgan fingerprint density at radius 2 is 1.50 bits per heavy atom. The van der Waals surface area contributed by atoms with E-state index < -0.39 is 6.04 Å². The van der Waals surface area contributed by atoms with Crippen LogP contribution in [0.4, 0.5) is 0 Å². The van der Waals surface area contributed by atoms with Gasteiger partial charge >= 0.3 is 5.97 Å². The normalized spacial score (nSPS) is 23.1. The molecule has 0 aromatic rings. The lowest BCUT2D eigenvalue weighted by molar-refractivity contribution is -0.147. The largest absolute Gasteiger partial charge is 0.467 e. The summed E-state index contributed by atoms with van der Waals surface area (Å²) in [6, 6.07) is -0.435. The van der Waals surface area contributed by atoms with Gasteiger partial charge in [0, 0.05) is 5.92 Å². The van der Waals surface area contributed by atoms with Gasteiger partial charge in [-0.3, -0.25) is 4.79 Å². The summed E-state index contributed by atoms with van der Waals surface area (Å²) in [5.74, 6) is 0.134. The average molecular weight is 281 g/mol. The maximum Gasteiger partial charge on any atom is 0.328 e. The Labute approximate surface area is 121 Å². The molecule has 1 amide bonds. The number of carbonyl (C=O) groups excluding carboxylic acids is 2. The maximum atomic E-state index is 12.4. The Morgan fingerprint density at radius 1 is 0.950 bits per heavy atom. The first-order valence-electron chi connectivity index (χ1n) is 8.10. The van der Waals surface area contributed by atoms with Gasteiger partial charge < -0.3 is 10.1 Å². The predicted molar refractivity (Wildman–Crippen MR) is 77.1 cm³/mol. The van der Waals surface area contributed by atoms with Gasteiger partial charge in [0.05, 0.1) is 7.11 Å². The summed E-state index contributed by atoms with van der Waals surface area (Å²) in [6.07, 6.45) is 11.0. The highest BCUT2D eigenvalue weighted by atomic mass is 16.5. The standard InChI is InChI=1S/C16H27NO3/c1-20-16(19)14(12-8-4-2-5-9-12)17-15(18)13-10-6-3-7-11-13/h12-14H,2-11H2,1H3,(H,17,18)/t14-/m0/s1. The van der Waals surface area contributed by atoms with E-state index in [-0.39, 0.29) is 23.7 Å². The zero-order chi connectivity index (χ0) is 14.4. The summed E-state index contributed by atoms with van der Waals surface area (Å²) in [4.78, 5) is 24.3. The van der Waals surface area contributed by atoms with Crippen molar-refractivity contribution in [1.82, 2.24) is 5.32 Å². The van der Waals surface area contributed by atoms with E-state index in [2.05, 4.69) is 5.32 Å². The third kappa shape index (κ3) is 3.97. The highest BCUT2D eigenvalue weighted by Gasteiger charge is 2.33. The van der Waals surface area contributed by atoms with Gasteiger partial charge in [0.25, 0.3) is 0 Å². The molecule has 1 atom stereocenters. The Morgan fingerprint density at radius 3 is 2.05 bits per heavy atom. The van der Waals surface area contributed by atoms with Gasteiger partial charge in [-0.2, -0.15) is 0 Å². The second-order valence-electron chi connectivity index (χ2n) is 6.24. The van der Waals surface area contributed by atoms with Gasteiger partial charge in [-0.05, 0) is 31.6 Å². The fraction of sp³-hybridized carbons (Fsp3) is 0.875. The van der Waals surface area contributed by atoms with Crippen LogP contribution in [0.15, 0.2) is 0 Å². The first-order chi connectivity index (χ1) is 9.72. The highest BCUT2D eigenvalue weighted by Crippen LogP contribution is 2.28. The van der Waals surface area contributed by atoms with Crippen molar-refractivity contribution in [1.29, 1.82) is 0 Å². The molecule has 2 aliphatic rings. The number of methoxy groups -OCH3 is 1. The molecule has 0 aromatic heterocycles. The highest BCUT2D eigenvalue weighted by molar-refractivity contribution is 5.86. The van der Waals surface area contributed by atoms with Crippen LogP contribution in [0.5, 0.6) is 0 Å². The molecule has 2 saturated carbocycles. The molecule has 2 fully saturated rings. The second-order valence-corrected chi connectivity index (χ2v) is 6.24. The molecule has 114 valence electrons. The molecular weight excluding hydrogens is 254 g/mol. The van der Waals surface area contributed by atoms with Crippen LogP contribution in [-0.4, -0.2) is 25.0 Å². The van der Waals surface area contributed by atoms with Crippen molar-refractivity contribution >= 4 is 11.9 Å². The number of hydrogen-bond donors (Lipinski definition) is 1. The smallest absolute Gasteiger partial charge is 0.328 e. The van der Waals surface area contributed by atoms with Crippen LogP contribution in [0.1, 0.15) is 64.2 Å². The minimum absolute atomic E-state index is 0.0608. The summed E-state index contributed by atoms with van der Waals surface area (Å²) in [5, 5.41) is 2.99. The first-order valence-corrected chi connectivity index (χ1v) is 8.10. The molecule has 20 heavy (non-hydrogen) atoms. The van der Waals surface area contributed by atoms with Crippen LogP contribution in [0.3, 0.4) is 0 Å². The minimum atomic E-state index is -0.435. The summed E-state index contributed by atoms with van der Waals surface area (Å²) < 4.78 is 4.90. The quantitative estimate of drug-likeness (QED) is 0.806. The van der Waals surface area contributed by atoms with E-state index in [0.717, 1.165) is 51.4 Å². The summed E-state index contributed by atoms with van der Waals surface area (Å²) >= 11 is 0. The number of nitrogens with one attached hydrogen (secondary N) is 1. The lowest BCUT2D eigenvalue weighted by Crippen LogP contribution is -2.49. The van der Waals surface area contributed by atoms with Crippen LogP contribution < -0.4 is 5.32 Å². The van der Waals surface area contributed by atoms with Crippen LogP contribution in [-0.2, 0) is 14.3 Å². The van der Waals surface area contributed by atoms with Crippen molar-refractivity contribution in [3.63, 3.8) is 0 Å². The number of esters is 1. The first kappa shape index (κ1) is 15.3. The van der Waals surface area contributed by atoms with Crippen LogP contribution in [0, 0.1) is 11.8 Å². The van der Waals surface area contributed by atoms with E-state index in [1.807, 2.05) is 0 Å². The third-order valence-corrected chi connectivity index (χ3v) is 4.85. The lowest BCUT2D eigenvalue weighted by Gasteiger charge is -2.30. The molecular formula is C16H27NO3. The summed E-state index contributed by atoms with van der Waals surface area (Å²) in [6.45, 7) is 0. The van der Waals surface area contributed by atoms with Crippen LogP contribution in [0.2, 0.25) is 0 Å². The molecule has 2 rings (SSSR count). The Hall–Kier alpha value is -1.06. The van der Waals surface area contributed by atoms with E-state index in [4.69, 9.17) is 4.74 Å². The lowest BCUT2D eigenvalue weighted by atomic mass is 9.83. The number of hydrogen-bond acceptors (Lipinski definition) is 3.